The van der Waals surface area contributed by atoms with Gasteiger partial charge in [-0.15, -0.1) is 0 Å². The molecule has 1 aliphatic heterocycles. The summed E-state index contributed by atoms with van der Waals surface area (Å²) in [7, 11) is -0.778. The molecule has 1 aromatic heterocycles. The Hall–Kier alpha value is -4.19. The van der Waals surface area contributed by atoms with Crippen molar-refractivity contribution in [2.24, 2.45) is 0 Å². The van der Waals surface area contributed by atoms with Gasteiger partial charge in [-0.3, -0.25) is 14.7 Å². The summed E-state index contributed by atoms with van der Waals surface area (Å²) in [6.07, 6.45) is 3.12. The number of anilines is 1. The first-order valence-electron chi connectivity index (χ1n) is 13.6. The van der Waals surface area contributed by atoms with Crippen LogP contribution in [0.25, 0.3) is 16.9 Å². The fourth-order valence-corrected chi connectivity index (χ4v) is 6.18. The van der Waals surface area contributed by atoms with Gasteiger partial charge in [-0.1, -0.05) is 17.7 Å². The van der Waals surface area contributed by atoms with Gasteiger partial charge in [0.2, 0.25) is 21.9 Å². The molecule has 3 aromatic carbocycles. The molecule has 0 bridgehead atoms. The van der Waals surface area contributed by atoms with Gasteiger partial charge in [0.15, 0.2) is 0 Å². The Morgan fingerprint density at radius 3 is 2.24 bits per heavy atom. The van der Waals surface area contributed by atoms with Gasteiger partial charge in [0, 0.05) is 30.6 Å². The van der Waals surface area contributed by atoms with Crippen LogP contribution in [-0.2, 0) is 19.6 Å². The van der Waals surface area contributed by atoms with E-state index in [1.165, 1.54) is 4.31 Å². The average Bonchev–Trinajstić information content (AvgIpc) is 3.67. The zero-order chi connectivity index (χ0) is 29.7. The van der Waals surface area contributed by atoms with Gasteiger partial charge in [0.1, 0.15) is 11.5 Å². The van der Waals surface area contributed by atoms with E-state index in [0.717, 1.165) is 29.7 Å². The van der Waals surface area contributed by atoms with Crippen LogP contribution in [0.4, 0.5) is 5.95 Å². The van der Waals surface area contributed by atoms with E-state index in [1.54, 1.807) is 43.1 Å². The van der Waals surface area contributed by atoms with Crippen LogP contribution >= 0.6 is 0 Å². The van der Waals surface area contributed by atoms with Crippen LogP contribution in [0, 0.1) is 6.92 Å². The number of amides is 1. The van der Waals surface area contributed by atoms with E-state index in [1.807, 2.05) is 61.7 Å². The molecule has 1 aliphatic rings. The molecule has 0 aliphatic carbocycles. The minimum absolute atomic E-state index is 0.0770. The van der Waals surface area contributed by atoms with Crippen molar-refractivity contribution < 1.29 is 27.4 Å². The van der Waals surface area contributed by atoms with Crippen molar-refractivity contribution in [3.05, 3.63) is 84.6 Å². The maximum atomic E-state index is 13.7. The zero-order valence-electron chi connectivity index (χ0n) is 23.8. The van der Waals surface area contributed by atoms with Crippen molar-refractivity contribution in [2.45, 2.75) is 30.8 Å². The predicted molar refractivity (Wildman–Crippen MR) is 160 cm³/mol. The highest BCUT2D eigenvalue weighted by molar-refractivity contribution is 7.89. The number of hydrogen-bond donors (Lipinski definition) is 1. The van der Waals surface area contributed by atoms with E-state index >= 15 is 0 Å². The zero-order valence-corrected chi connectivity index (χ0v) is 24.6. The molecule has 0 radical (unpaired) electrons. The number of rotatable bonds is 11. The molecule has 4 aromatic rings. The molecule has 1 unspecified atom stereocenters. The maximum absolute atomic E-state index is 13.7. The monoisotopic (exact) mass is 590 g/mol. The van der Waals surface area contributed by atoms with Crippen LogP contribution in [0.15, 0.2) is 83.9 Å². The second-order valence-corrected chi connectivity index (χ2v) is 12.0. The molecule has 1 N–H and O–H groups in total. The van der Waals surface area contributed by atoms with Crippen molar-refractivity contribution in [1.29, 1.82) is 0 Å². The normalized spacial score (nSPS) is 15.1. The number of carbonyl (C=O) groups is 1. The van der Waals surface area contributed by atoms with Gasteiger partial charge >= 0.3 is 0 Å². The molecule has 0 spiro atoms. The van der Waals surface area contributed by atoms with E-state index in [-0.39, 0.29) is 23.5 Å². The summed E-state index contributed by atoms with van der Waals surface area (Å²) >= 11 is 0. The van der Waals surface area contributed by atoms with Gasteiger partial charge in [0.25, 0.3) is 0 Å². The van der Waals surface area contributed by atoms with E-state index in [4.69, 9.17) is 19.2 Å². The molecule has 2 heterocycles. The number of ether oxygens (including phenoxy) is 3. The van der Waals surface area contributed by atoms with Crippen molar-refractivity contribution in [1.82, 2.24) is 13.9 Å². The highest BCUT2D eigenvalue weighted by Crippen LogP contribution is 2.27. The second kappa shape index (κ2) is 12.8. The van der Waals surface area contributed by atoms with Gasteiger partial charge in [0.05, 0.1) is 37.5 Å². The second-order valence-electron chi connectivity index (χ2n) is 10.0. The standard InChI is InChI=1S/C31H34N4O6S/c1-22-6-16-28(17-7-22)42(37,38)34(19-27-5-4-18-41-27)21-30(36)33-31-32-29(23-8-12-25(39-2)13-9-23)20-35(31)24-10-14-26(40-3)15-11-24/h6-17,20,27H,4-5,18-19,21H2,1-3H3,(H,32,33,36). The quantitative estimate of drug-likeness (QED) is 0.270. The van der Waals surface area contributed by atoms with E-state index < -0.39 is 22.5 Å². The lowest BCUT2D eigenvalue weighted by Crippen LogP contribution is -2.42. The predicted octanol–water partition coefficient (Wildman–Crippen LogP) is 4.67. The van der Waals surface area contributed by atoms with Crippen molar-refractivity contribution in [2.75, 3.05) is 39.2 Å². The number of methoxy groups -OCH3 is 2. The molecule has 11 heteroatoms. The first-order chi connectivity index (χ1) is 20.3. The summed E-state index contributed by atoms with van der Waals surface area (Å²) in [5, 5.41) is 2.85. The molecule has 1 saturated heterocycles. The molecule has 1 atom stereocenters. The lowest BCUT2D eigenvalue weighted by molar-refractivity contribution is -0.116. The third kappa shape index (κ3) is 6.64. The summed E-state index contributed by atoms with van der Waals surface area (Å²) in [6.45, 7) is 2.14. The van der Waals surface area contributed by atoms with Crippen LogP contribution in [-0.4, -0.2) is 68.2 Å². The Labute approximate surface area is 245 Å². The highest BCUT2D eigenvalue weighted by Gasteiger charge is 2.31. The van der Waals surface area contributed by atoms with Crippen molar-refractivity contribution in [3.63, 3.8) is 0 Å². The molecule has 1 amide bonds. The Balaban J connectivity index is 1.44. The Kier molecular flexibility index (Phi) is 8.91. The molecule has 10 nitrogen and oxygen atoms in total. The minimum Gasteiger partial charge on any atom is -0.497 e. The molecule has 5 rings (SSSR count). The van der Waals surface area contributed by atoms with Crippen LogP contribution < -0.4 is 14.8 Å². The van der Waals surface area contributed by atoms with Crippen LogP contribution in [0.1, 0.15) is 18.4 Å². The molecular formula is C31H34N4O6S. The number of imidazole rings is 1. The fourth-order valence-electron chi connectivity index (χ4n) is 4.76. The van der Waals surface area contributed by atoms with E-state index in [9.17, 15) is 13.2 Å². The van der Waals surface area contributed by atoms with Crippen LogP contribution in [0.3, 0.4) is 0 Å². The Morgan fingerprint density at radius 2 is 1.64 bits per heavy atom. The number of aromatic nitrogens is 2. The van der Waals surface area contributed by atoms with Crippen molar-refractivity contribution >= 4 is 21.9 Å². The fraction of sp³-hybridized carbons (Fsp3) is 0.290. The number of aryl methyl sites for hydroxylation is 1. The van der Waals surface area contributed by atoms with Gasteiger partial charge in [-0.2, -0.15) is 4.31 Å². The molecule has 220 valence electrons. The van der Waals surface area contributed by atoms with E-state index in [2.05, 4.69) is 5.32 Å². The number of nitrogens with zero attached hydrogens (tertiary/aromatic N) is 3. The van der Waals surface area contributed by atoms with E-state index in [0.29, 0.717) is 23.8 Å². The number of hydrogen-bond acceptors (Lipinski definition) is 7. The first kappa shape index (κ1) is 29.3. The highest BCUT2D eigenvalue weighted by atomic mass is 32.2. The van der Waals surface area contributed by atoms with Crippen LogP contribution in [0.5, 0.6) is 11.5 Å². The van der Waals surface area contributed by atoms with Gasteiger partial charge < -0.3 is 14.2 Å². The topological polar surface area (TPSA) is 112 Å². The third-order valence-corrected chi connectivity index (χ3v) is 8.93. The number of benzene rings is 3. The SMILES string of the molecule is COc1ccc(-c2cn(-c3ccc(OC)cc3)c(NC(=O)CN(CC3CCCO3)S(=O)(=O)c3ccc(C)cc3)n2)cc1. The summed E-state index contributed by atoms with van der Waals surface area (Å²) in [5.41, 5.74) is 3.12. The first-order valence-corrected chi connectivity index (χ1v) is 15.1. The average molecular weight is 591 g/mol. The largest absolute Gasteiger partial charge is 0.497 e. The molecule has 1 fully saturated rings. The molecule has 42 heavy (non-hydrogen) atoms. The summed E-state index contributed by atoms with van der Waals surface area (Å²) in [4.78, 5) is 18.3. The van der Waals surface area contributed by atoms with Crippen molar-refractivity contribution in [3.8, 4) is 28.4 Å². The Bertz CT molecular complexity index is 1610. The molecular weight excluding hydrogens is 556 g/mol. The maximum Gasteiger partial charge on any atom is 0.243 e. The smallest absolute Gasteiger partial charge is 0.243 e. The number of nitrogens with one attached hydrogen (secondary N) is 1. The van der Waals surface area contributed by atoms with Crippen LogP contribution in [0.2, 0.25) is 0 Å². The third-order valence-electron chi connectivity index (χ3n) is 7.10. The number of carbonyl (C=O) groups excluding carboxylic acids is 1. The molecule has 0 saturated carbocycles. The van der Waals surface area contributed by atoms with Gasteiger partial charge in [-0.25, -0.2) is 13.4 Å². The van der Waals surface area contributed by atoms with Gasteiger partial charge in [-0.05, 0) is 80.4 Å². The lowest BCUT2D eigenvalue weighted by Gasteiger charge is -2.24. The Morgan fingerprint density at radius 1 is 1.00 bits per heavy atom. The number of sulfonamides is 1. The summed E-state index contributed by atoms with van der Waals surface area (Å²) in [6, 6.07) is 21.3. The minimum atomic E-state index is -3.97. The summed E-state index contributed by atoms with van der Waals surface area (Å²) in [5.74, 6) is 1.13. The lowest BCUT2D eigenvalue weighted by atomic mass is 10.1. The summed E-state index contributed by atoms with van der Waals surface area (Å²) < 4.78 is 46.5.